The average molecular weight is 916 g/mol. The molecule has 2 saturated heterocycles. The Balaban J connectivity index is 0.000000322. The number of fused-ring (bicyclic) bond motifs is 1. The molecular formula is C37H72N7O11P3S. The normalized spacial score (nSPS) is 27.6. The summed E-state index contributed by atoms with van der Waals surface area (Å²) < 4.78 is 58.3. The summed E-state index contributed by atoms with van der Waals surface area (Å²) in [7, 11) is -15.2. The van der Waals surface area contributed by atoms with Gasteiger partial charge in [0.15, 0.2) is 38.0 Å². The largest absolute Gasteiger partial charge is 0.778 e. The van der Waals surface area contributed by atoms with E-state index >= 15 is 0 Å². The van der Waals surface area contributed by atoms with E-state index in [9.17, 15) is 33.7 Å². The molecule has 0 bridgehead atoms. The Labute approximate surface area is 355 Å². The number of unbranched alkanes of at least 4 members (excludes halogenated alkanes) is 6. The SMILES string of the molecule is CCCC[N+](CCCC)(CCCC)C[N+](CCCC)(CCCC)CCCC.CSc1nc(N)c2ncn([C@@H]3O[C@H](COP4(=O)OP(=O)([O-])CP(=O)([O-])O4)[C@@H](O)[C@H]3O)c2n1. The number of anilines is 1. The highest BCUT2D eigenvalue weighted by Crippen LogP contribution is 2.76. The zero-order chi connectivity index (χ0) is 43.9. The van der Waals surface area contributed by atoms with Crippen molar-refractivity contribution in [1.29, 1.82) is 0 Å². The van der Waals surface area contributed by atoms with Crippen LogP contribution >= 0.6 is 34.8 Å². The van der Waals surface area contributed by atoms with Gasteiger partial charge in [-0.2, -0.15) is 0 Å². The van der Waals surface area contributed by atoms with Gasteiger partial charge in [0.1, 0.15) is 23.8 Å². The molecule has 0 saturated carbocycles. The third-order valence-electron chi connectivity index (χ3n) is 10.9. The lowest BCUT2D eigenvalue weighted by molar-refractivity contribution is -1.10. The van der Waals surface area contributed by atoms with Crippen molar-refractivity contribution in [3.05, 3.63) is 6.33 Å². The molecule has 6 atom stereocenters. The molecule has 2 aromatic rings. The van der Waals surface area contributed by atoms with E-state index in [-0.39, 0.29) is 17.0 Å². The van der Waals surface area contributed by atoms with Crippen molar-refractivity contribution in [3.8, 4) is 0 Å². The first-order valence-corrected chi connectivity index (χ1v) is 27.6. The van der Waals surface area contributed by atoms with Crippen LogP contribution in [0.1, 0.15) is 125 Å². The van der Waals surface area contributed by atoms with Crippen molar-refractivity contribution in [2.24, 2.45) is 0 Å². The third kappa shape index (κ3) is 15.3. The number of nitrogens with zero attached hydrogens (tertiary/aromatic N) is 6. The highest BCUT2D eigenvalue weighted by atomic mass is 32.2. The second-order valence-electron chi connectivity index (χ2n) is 16.0. The molecule has 18 nitrogen and oxygen atoms in total. The lowest BCUT2D eigenvalue weighted by Crippen LogP contribution is -2.64. The number of imidazole rings is 1. The number of thioether (sulfide) groups is 1. The van der Waals surface area contributed by atoms with Crippen LogP contribution in [0.4, 0.5) is 5.82 Å². The molecule has 2 aromatic heterocycles. The van der Waals surface area contributed by atoms with Crippen molar-refractivity contribution in [3.63, 3.8) is 0 Å². The van der Waals surface area contributed by atoms with Crippen LogP contribution in [0.5, 0.6) is 0 Å². The van der Waals surface area contributed by atoms with Crippen LogP contribution in [0.2, 0.25) is 0 Å². The minimum absolute atomic E-state index is 0.0831. The number of rotatable bonds is 25. The van der Waals surface area contributed by atoms with E-state index < -0.39 is 60.1 Å². The predicted molar refractivity (Wildman–Crippen MR) is 227 cm³/mol. The second kappa shape index (κ2) is 24.2. The number of aromatic nitrogens is 4. The molecule has 22 heteroatoms. The Morgan fingerprint density at radius 2 is 1.24 bits per heavy atom. The lowest BCUT2D eigenvalue weighted by Gasteiger charge is -2.48. The van der Waals surface area contributed by atoms with Crippen molar-refractivity contribution in [2.45, 2.75) is 148 Å². The second-order valence-corrected chi connectivity index (χ2v) is 22.8. The summed E-state index contributed by atoms with van der Waals surface area (Å²) in [6.45, 7) is 23.3. The van der Waals surface area contributed by atoms with Crippen molar-refractivity contribution >= 4 is 51.8 Å². The van der Waals surface area contributed by atoms with Crippen LogP contribution in [0.3, 0.4) is 0 Å². The molecule has 2 aliphatic heterocycles. The molecule has 342 valence electrons. The molecule has 0 amide bonds. The van der Waals surface area contributed by atoms with Gasteiger partial charge in [-0.15, -0.1) is 0 Å². The van der Waals surface area contributed by atoms with E-state index in [4.69, 9.17) is 15.0 Å². The van der Waals surface area contributed by atoms with Gasteiger partial charge >= 0.3 is 7.82 Å². The smallest absolute Gasteiger partial charge is 0.484 e. The maximum absolute atomic E-state index is 12.3. The molecule has 4 rings (SSSR count). The highest BCUT2D eigenvalue weighted by Gasteiger charge is 2.48. The molecule has 2 aliphatic rings. The van der Waals surface area contributed by atoms with E-state index in [0.29, 0.717) is 5.16 Å². The standard InChI is InChI=1S/C25H56N2.C12H18N5O11P3S/c1-7-13-19-26(20-14-8-2,21-15-9-3)25-27(22-16-10-4,23-17-11-5)24-18-12-6;1-32-12-15-9(13)6-10(16-12)17(3-14-6)11-8(19)7(18)5(26-11)2-25-31(24)27-29(20,21)4-30(22,23)28-31/h7-25H2,1-6H3;3,5,7-8,11,18-19H,2,4H2,1H3,(H,20,21)(H,22,23)(H2,13,15,16)/q+2;/p-2/t;5-,7-,8-,11-/m.1/s1. The summed E-state index contributed by atoms with van der Waals surface area (Å²) in [6, 6.07) is 0. The van der Waals surface area contributed by atoms with Gasteiger partial charge < -0.3 is 39.6 Å². The number of hydrogen-bond donors (Lipinski definition) is 3. The van der Waals surface area contributed by atoms with Crippen LogP contribution in [0.15, 0.2) is 11.5 Å². The zero-order valence-corrected chi connectivity index (χ0v) is 39.8. The van der Waals surface area contributed by atoms with Gasteiger partial charge in [0, 0.05) is 0 Å². The molecule has 0 radical (unpaired) electrons. The predicted octanol–water partition coefficient (Wildman–Crippen LogP) is 6.36. The summed E-state index contributed by atoms with van der Waals surface area (Å²) in [6.07, 6.45) is 13.7. The van der Waals surface area contributed by atoms with Crippen LogP contribution < -0.4 is 15.5 Å². The molecule has 2 fully saturated rings. The Morgan fingerprint density at radius 3 is 1.64 bits per heavy atom. The number of nitrogens with two attached hydrogens (primary N) is 1. The molecule has 0 spiro atoms. The van der Waals surface area contributed by atoms with E-state index in [0.717, 1.165) is 0 Å². The molecule has 4 N–H and O–H groups in total. The van der Waals surface area contributed by atoms with E-state index in [1.807, 2.05) is 0 Å². The molecule has 2 unspecified atom stereocenters. The number of phosphoric acid groups is 1. The fraction of sp³-hybridized carbons (Fsp3) is 0.865. The summed E-state index contributed by atoms with van der Waals surface area (Å²) in [5.74, 6) is -1.40. The van der Waals surface area contributed by atoms with Gasteiger partial charge in [-0.1, -0.05) is 91.8 Å². The van der Waals surface area contributed by atoms with Crippen molar-refractivity contribution in [2.75, 3.05) is 70.4 Å². The maximum atomic E-state index is 12.3. The monoisotopic (exact) mass is 915 g/mol. The van der Waals surface area contributed by atoms with E-state index in [1.54, 1.807) is 6.26 Å². The van der Waals surface area contributed by atoms with Gasteiger partial charge in [0.05, 0.1) is 58.1 Å². The Kier molecular flexibility index (Phi) is 21.4. The van der Waals surface area contributed by atoms with Gasteiger partial charge in [-0.3, -0.25) is 18.1 Å². The van der Waals surface area contributed by atoms with E-state index in [1.165, 1.54) is 155 Å². The molecule has 0 aliphatic carbocycles. The van der Waals surface area contributed by atoms with Crippen LogP contribution in [-0.4, -0.2) is 122 Å². The van der Waals surface area contributed by atoms with Crippen molar-refractivity contribution in [1.82, 2.24) is 19.5 Å². The number of quaternary nitrogens is 2. The quantitative estimate of drug-likeness (QED) is 0.0322. The Bertz CT molecular complexity index is 1630. The third-order valence-corrected chi connectivity index (χ3v) is 18.3. The molecule has 0 aromatic carbocycles. The van der Waals surface area contributed by atoms with Gasteiger partial charge in [0.25, 0.3) is 0 Å². The summed E-state index contributed by atoms with van der Waals surface area (Å²) in [4.78, 5) is 35.5. The fourth-order valence-electron chi connectivity index (χ4n) is 7.78. The van der Waals surface area contributed by atoms with Gasteiger partial charge in [0.2, 0.25) is 6.67 Å². The van der Waals surface area contributed by atoms with Crippen LogP contribution in [0, 0.1) is 0 Å². The maximum Gasteiger partial charge on any atom is 0.484 e. The van der Waals surface area contributed by atoms with Gasteiger partial charge in [-0.25, -0.2) is 28.1 Å². The first-order valence-electron chi connectivity index (χ1n) is 21.4. The highest BCUT2D eigenvalue weighted by molar-refractivity contribution is 7.98. The van der Waals surface area contributed by atoms with Gasteiger partial charge in [-0.05, 0) is 44.8 Å². The minimum Gasteiger partial charge on any atom is -0.778 e. The molecular weight excluding hydrogens is 843 g/mol. The van der Waals surface area contributed by atoms with E-state index in [2.05, 4.69) is 65.1 Å². The number of nitrogen functional groups attached to an aromatic ring is 1. The fourth-order valence-corrected chi connectivity index (χ4v) is 14.7. The first kappa shape index (κ1) is 52.3. The molecule has 59 heavy (non-hydrogen) atoms. The Morgan fingerprint density at radius 1 is 0.797 bits per heavy atom. The Hall–Kier alpha value is -1.01. The van der Waals surface area contributed by atoms with Crippen molar-refractivity contribution < 1.29 is 60.5 Å². The minimum atomic E-state index is -5.07. The first-order chi connectivity index (χ1) is 27.9. The molecule has 4 heterocycles. The van der Waals surface area contributed by atoms with Crippen LogP contribution in [-0.2, 0) is 31.6 Å². The number of hydrogen-bond acceptors (Lipinski definition) is 16. The topological polar surface area (TPSA) is 244 Å². The number of aliphatic hydroxyl groups is 2. The number of aliphatic hydroxyl groups excluding tert-OH is 2. The summed E-state index contributed by atoms with van der Waals surface area (Å²) in [5.41, 5.74) is 6.27. The lowest BCUT2D eigenvalue weighted by atomic mass is 10.1. The summed E-state index contributed by atoms with van der Waals surface area (Å²) >= 11 is 1.21. The zero-order valence-electron chi connectivity index (χ0n) is 36.3. The average Bonchev–Trinajstić information content (AvgIpc) is 3.73. The van der Waals surface area contributed by atoms with Crippen LogP contribution in [0.25, 0.3) is 11.2 Å². The summed E-state index contributed by atoms with van der Waals surface area (Å²) in [5, 5.41) is 21.1. The number of ether oxygens (including phenoxy) is 1.